The molecule has 2 rings (SSSR count). The molecule has 1 fully saturated rings. The smallest absolute Gasteiger partial charge is 0.108 e. The molecule has 1 saturated carbocycles. The monoisotopic (exact) mass is 249 g/mol. The highest BCUT2D eigenvalue weighted by molar-refractivity contribution is 4.93. The zero-order valence-corrected chi connectivity index (χ0v) is 12.0. The van der Waals surface area contributed by atoms with Gasteiger partial charge in [0.25, 0.3) is 0 Å². The lowest BCUT2D eigenvalue weighted by Gasteiger charge is -2.24. The number of rotatable bonds is 6. The van der Waals surface area contributed by atoms with E-state index in [2.05, 4.69) is 35.8 Å². The van der Waals surface area contributed by atoms with Crippen LogP contribution in [0.1, 0.15) is 45.4 Å². The van der Waals surface area contributed by atoms with Crippen LogP contribution in [0.2, 0.25) is 0 Å². The van der Waals surface area contributed by atoms with Crippen molar-refractivity contribution in [2.75, 3.05) is 6.54 Å². The number of hydrogen-bond acceptors (Lipinski definition) is 2. The van der Waals surface area contributed by atoms with Gasteiger partial charge in [0.05, 0.1) is 0 Å². The molecule has 1 aromatic rings. The van der Waals surface area contributed by atoms with E-state index in [0.717, 1.165) is 24.8 Å². The van der Waals surface area contributed by atoms with Gasteiger partial charge in [0.2, 0.25) is 0 Å². The van der Waals surface area contributed by atoms with Gasteiger partial charge in [-0.3, -0.25) is 0 Å². The Bertz CT molecular complexity index is 358. The Morgan fingerprint density at radius 3 is 2.89 bits per heavy atom. The molecule has 1 heterocycles. The second kappa shape index (κ2) is 6.37. The number of nitrogens with zero attached hydrogens (tertiary/aromatic N) is 2. The number of imidazole rings is 1. The first kappa shape index (κ1) is 13.6. The Morgan fingerprint density at radius 1 is 1.50 bits per heavy atom. The average Bonchev–Trinajstić information content (AvgIpc) is 2.94. The summed E-state index contributed by atoms with van der Waals surface area (Å²) in [7, 11) is 2.09. The lowest BCUT2D eigenvalue weighted by molar-refractivity contribution is 0.336. The van der Waals surface area contributed by atoms with Crippen LogP contribution < -0.4 is 5.32 Å². The van der Waals surface area contributed by atoms with Crippen molar-refractivity contribution in [2.24, 2.45) is 18.9 Å². The van der Waals surface area contributed by atoms with Crippen molar-refractivity contribution < 1.29 is 0 Å². The van der Waals surface area contributed by atoms with Crippen LogP contribution in [0.3, 0.4) is 0 Å². The minimum absolute atomic E-state index is 0.677. The summed E-state index contributed by atoms with van der Waals surface area (Å²) in [5.41, 5.74) is 0. The van der Waals surface area contributed by atoms with Crippen molar-refractivity contribution >= 4 is 0 Å². The number of aromatic nitrogens is 2. The summed E-state index contributed by atoms with van der Waals surface area (Å²) in [4.78, 5) is 4.42. The zero-order chi connectivity index (χ0) is 13.0. The van der Waals surface area contributed by atoms with E-state index in [4.69, 9.17) is 0 Å². The van der Waals surface area contributed by atoms with Crippen LogP contribution >= 0.6 is 0 Å². The first-order chi connectivity index (χ1) is 8.70. The lowest BCUT2D eigenvalue weighted by atomic mass is 9.93. The molecule has 3 heteroatoms. The van der Waals surface area contributed by atoms with Gasteiger partial charge in [0.15, 0.2) is 0 Å². The second-order valence-corrected chi connectivity index (χ2v) is 5.84. The Morgan fingerprint density at radius 2 is 2.33 bits per heavy atom. The standard InChI is InChI=1S/C15H27N3/c1-4-16-14(13-6-5-12(2)11-13)7-8-15-17-9-10-18(15)3/h9-10,12-14,16H,4-8,11H2,1-3H3. The topological polar surface area (TPSA) is 29.9 Å². The van der Waals surface area contributed by atoms with Crippen molar-refractivity contribution in [1.29, 1.82) is 0 Å². The van der Waals surface area contributed by atoms with Crippen LogP contribution in [0.15, 0.2) is 12.4 Å². The van der Waals surface area contributed by atoms with Gasteiger partial charge < -0.3 is 9.88 Å². The Hall–Kier alpha value is -0.830. The number of nitrogens with one attached hydrogen (secondary N) is 1. The average molecular weight is 249 g/mol. The maximum absolute atomic E-state index is 4.42. The molecule has 1 aliphatic carbocycles. The SMILES string of the molecule is CCNC(CCc1nccn1C)C1CCC(C)C1. The lowest BCUT2D eigenvalue weighted by Crippen LogP contribution is -2.35. The molecule has 0 saturated heterocycles. The molecule has 0 bridgehead atoms. The van der Waals surface area contributed by atoms with Crippen molar-refractivity contribution in [1.82, 2.24) is 14.9 Å². The summed E-state index contributed by atoms with van der Waals surface area (Å²) in [5, 5.41) is 3.69. The molecule has 1 N–H and O–H groups in total. The normalized spacial score (nSPS) is 25.5. The Labute approximate surface area is 111 Å². The molecule has 3 unspecified atom stereocenters. The third-order valence-electron chi connectivity index (χ3n) is 4.37. The molecule has 0 amide bonds. The summed E-state index contributed by atoms with van der Waals surface area (Å²) in [6, 6.07) is 0.677. The van der Waals surface area contributed by atoms with Crippen molar-refractivity contribution in [3.8, 4) is 0 Å². The van der Waals surface area contributed by atoms with Gasteiger partial charge in [0, 0.05) is 31.9 Å². The fourth-order valence-corrected chi connectivity index (χ4v) is 3.31. The number of aryl methyl sites for hydroxylation is 2. The minimum Gasteiger partial charge on any atom is -0.338 e. The van der Waals surface area contributed by atoms with Gasteiger partial charge in [-0.25, -0.2) is 4.98 Å². The fourth-order valence-electron chi connectivity index (χ4n) is 3.31. The molecular weight excluding hydrogens is 222 g/mol. The Kier molecular flexibility index (Phi) is 4.81. The van der Waals surface area contributed by atoms with E-state index in [1.165, 1.54) is 31.5 Å². The van der Waals surface area contributed by atoms with Crippen LogP contribution in [0.25, 0.3) is 0 Å². The predicted molar refractivity (Wildman–Crippen MR) is 75.5 cm³/mol. The highest BCUT2D eigenvalue weighted by atomic mass is 15.0. The molecule has 0 aromatic carbocycles. The van der Waals surface area contributed by atoms with E-state index in [1.54, 1.807) is 0 Å². The number of hydrogen-bond donors (Lipinski definition) is 1. The third kappa shape index (κ3) is 3.35. The van der Waals surface area contributed by atoms with E-state index >= 15 is 0 Å². The van der Waals surface area contributed by atoms with E-state index < -0.39 is 0 Å². The third-order valence-corrected chi connectivity index (χ3v) is 4.37. The molecule has 3 nitrogen and oxygen atoms in total. The Balaban J connectivity index is 1.88. The quantitative estimate of drug-likeness (QED) is 0.840. The predicted octanol–water partition coefficient (Wildman–Crippen LogP) is 2.77. The van der Waals surface area contributed by atoms with E-state index in [-0.39, 0.29) is 0 Å². The molecule has 3 atom stereocenters. The highest BCUT2D eigenvalue weighted by Crippen LogP contribution is 2.33. The van der Waals surface area contributed by atoms with Gasteiger partial charge >= 0.3 is 0 Å². The molecular formula is C15H27N3. The van der Waals surface area contributed by atoms with E-state index in [9.17, 15) is 0 Å². The first-order valence-electron chi connectivity index (χ1n) is 7.40. The van der Waals surface area contributed by atoms with Gasteiger partial charge in [0.1, 0.15) is 5.82 Å². The summed E-state index contributed by atoms with van der Waals surface area (Å²) in [5.74, 6) is 3.01. The van der Waals surface area contributed by atoms with Crippen LogP contribution in [0.5, 0.6) is 0 Å². The summed E-state index contributed by atoms with van der Waals surface area (Å²) in [6.45, 7) is 5.68. The maximum Gasteiger partial charge on any atom is 0.108 e. The molecule has 1 aromatic heterocycles. The summed E-state index contributed by atoms with van der Waals surface area (Å²) in [6.07, 6.45) is 10.5. The zero-order valence-electron chi connectivity index (χ0n) is 12.0. The molecule has 102 valence electrons. The van der Waals surface area contributed by atoms with E-state index in [1.807, 2.05) is 12.4 Å². The van der Waals surface area contributed by atoms with Crippen LogP contribution in [-0.2, 0) is 13.5 Å². The van der Waals surface area contributed by atoms with Crippen molar-refractivity contribution in [2.45, 2.75) is 52.0 Å². The summed E-state index contributed by atoms with van der Waals surface area (Å²) < 4.78 is 2.14. The molecule has 0 radical (unpaired) electrons. The molecule has 0 spiro atoms. The molecule has 0 aliphatic heterocycles. The van der Waals surface area contributed by atoms with Gasteiger partial charge in [-0.05, 0) is 37.6 Å². The van der Waals surface area contributed by atoms with Crippen LogP contribution in [-0.4, -0.2) is 22.1 Å². The van der Waals surface area contributed by atoms with Gasteiger partial charge in [-0.15, -0.1) is 0 Å². The highest BCUT2D eigenvalue weighted by Gasteiger charge is 2.28. The van der Waals surface area contributed by atoms with E-state index in [0.29, 0.717) is 6.04 Å². The van der Waals surface area contributed by atoms with Gasteiger partial charge in [-0.1, -0.05) is 20.3 Å². The van der Waals surface area contributed by atoms with Crippen molar-refractivity contribution in [3.05, 3.63) is 18.2 Å². The van der Waals surface area contributed by atoms with Crippen molar-refractivity contribution in [3.63, 3.8) is 0 Å². The minimum atomic E-state index is 0.677. The maximum atomic E-state index is 4.42. The van der Waals surface area contributed by atoms with Gasteiger partial charge in [-0.2, -0.15) is 0 Å². The fraction of sp³-hybridized carbons (Fsp3) is 0.800. The second-order valence-electron chi connectivity index (χ2n) is 5.84. The largest absolute Gasteiger partial charge is 0.338 e. The van der Waals surface area contributed by atoms with Crippen LogP contribution in [0.4, 0.5) is 0 Å². The molecule has 1 aliphatic rings. The summed E-state index contributed by atoms with van der Waals surface area (Å²) >= 11 is 0. The first-order valence-corrected chi connectivity index (χ1v) is 7.40. The van der Waals surface area contributed by atoms with Crippen LogP contribution in [0, 0.1) is 11.8 Å². The molecule has 18 heavy (non-hydrogen) atoms.